The third-order valence-electron chi connectivity index (χ3n) is 15.6. The number of hydrogen-bond acceptors (Lipinski definition) is 5. The minimum absolute atomic E-state index is 0.365. The Bertz CT molecular complexity index is 1150. The van der Waals surface area contributed by atoms with Gasteiger partial charge in [-0.25, -0.2) is 0 Å². The number of rotatable bonds is 61. The molecule has 0 aliphatic heterocycles. The van der Waals surface area contributed by atoms with E-state index in [9.17, 15) is 25.2 Å². The standard InChI is InChI=1S/C67H129NO5/c1-3-5-7-9-11-13-15-17-19-21-23-25-27-29-30-31-32-33-34-35-37-39-41-43-45-47-49-51-53-55-57-59-61-65(71)67(73)68-63(62-69)66(72)64(70)60-58-56-54-52-50-48-46-44-42-40-38-36-28-26-24-22-20-18-16-14-12-10-8-6-4-2/h23,25,29-30,52,54,63-66,69-72H,3-22,24,26-28,31-51,53,55-62H2,1-2H3,(H,68,73)/b25-23-,30-29-,54-52+. The molecule has 6 heteroatoms. The molecule has 0 aliphatic carbocycles. The van der Waals surface area contributed by atoms with Gasteiger partial charge in [-0.3, -0.25) is 4.79 Å². The Hall–Kier alpha value is -1.47. The smallest absolute Gasteiger partial charge is 0.249 e. The van der Waals surface area contributed by atoms with Gasteiger partial charge in [-0.1, -0.05) is 320 Å². The molecule has 0 saturated carbocycles. The van der Waals surface area contributed by atoms with Crippen LogP contribution in [0.4, 0.5) is 0 Å². The first kappa shape index (κ1) is 71.5. The SMILES string of the molecule is CCCCCCCCCCC/C=C\C/C=C\CCCCCCCCCCCCCCCCCCC(O)C(=O)NC(CO)C(O)C(O)CCC/C=C/CCCCCCCCCCCCCCCCCCCCCC. The van der Waals surface area contributed by atoms with Crippen molar-refractivity contribution in [2.75, 3.05) is 6.61 Å². The number of nitrogens with one attached hydrogen (secondary N) is 1. The number of amides is 1. The molecule has 0 saturated heterocycles. The molecule has 73 heavy (non-hydrogen) atoms. The van der Waals surface area contributed by atoms with Gasteiger partial charge in [0.05, 0.1) is 18.8 Å². The first-order chi connectivity index (χ1) is 36.0. The Kier molecular flexibility index (Phi) is 60.1. The van der Waals surface area contributed by atoms with E-state index in [0.717, 1.165) is 44.9 Å². The van der Waals surface area contributed by atoms with Crippen LogP contribution in [0.2, 0.25) is 0 Å². The van der Waals surface area contributed by atoms with Gasteiger partial charge in [-0.2, -0.15) is 0 Å². The topological polar surface area (TPSA) is 110 Å². The van der Waals surface area contributed by atoms with E-state index < -0.39 is 36.9 Å². The first-order valence-electron chi connectivity index (χ1n) is 32.9. The Morgan fingerprint density at radius 3 is 0.904 bits per heavy atom. The number of allylic oxidation sites excluding steroid dienone is 6. The van der Waals surface area contributed by atoms with Crippen LogP contribution in [-0.2, 0) is 4.79 Å². The number of unbranched alkanes of at least 4 members (excludes halogenated alkanes) is 46. The number of aliphatic hydroxyl groups is 4. The van der Waals surface area contributed by atoms with Crippen LogP contribution < -0.4 is 5.32 Å². The summed E-state index contributed by atoms with van der Waals surface area (Å²) in [5.41, 5.74) is 0. The molecule has 432 valence electrons. The maximum atomic E-state index is 12.6. The third kappa shape index (κ3) is 55.1. The number of aliphatic hydroxyl groups excluding tert-OH is 4. The second-order valence-electron chi connectivity index (χ2n) is 22.8. The molecule has 5 N–H and O–H groups in total. The molecule has 0 bridgehead atoms. The van der Waals surface area contributed by atoms with Gasteiger partial charge in [0.25, 0.3) is 0 Å². The van der Waals surface area contributed by atoms with Crippen molar-refractivity contribution in [2.24, 2.45) is 0 Å². The Morgan fingerprint density at radius 1 is 0.342 bits per heavy atom. The lowest BCUT2D eigenvalue weighted by Crippen LogP contribution is -2.53. The summed E-state index contributed by atoms with van der Waals surface area (Å²) in [5, 5.41) is 44.1. The third-order valence-corrected chi connectivity index (χ3v) is 15.6. The van der Waals surface area contributed by atoms with Crippen LogP contribution in [0, 0.1) is 0 Å². The highest BCUT2D eigenvalue weighted by atomic mass is 16.3. The van der Waals surface area contributed by atoms with Crippen molar-refractivity contribution in [1.82, 2.24) is 5.32 Å². The van der Waals surface area contributed by atoms with E-state index in [2.05, 4.69) is 55.6 Å². The average Bonchev–Trinajstić information content (AvgIpc) is 3.40. The van der Waals surface area contributed by atoms with Gasteiger partial charge in [0.2, 0.25) is 5.91 Å². The second kappa shape index (κ2) is 61.4. The van der Waals surface area contributed by atoms with E-state index >= 15 is 0 Å². The molecular formula is C67H129NO5. The minimum Gasteiger partial charge on any atom is -0.394 e. The molecule has 0 fully saturated rings. The van der Waals surface area contributed by atoms with Crippen molar-refractivity contribution in [3.05, 3.63) is 36.5 Å². The van der Waals surface area contributed by atoms with Gasteiger partial charge in [-0.15, -0.1) is 0 Å². The predicted octanol–water partition coefficient (Wildman–Crippen LogP) is 19.9. The Morgan fingerprint density at radius 2 is 0.603 bits per heavy atom. The van der Waals surface area contributed by atoms with E-state index in [4.69, 9.17) is 0 Å². The summed E-state index contributed by atoms with van der Waals surface area (Å²) in [6.07, 6.45) is 78.2. The van der Waals surface area contributed by atoms with Gasteiger partial charge >= 0.3 is 0 Å². The van der Waals surface area contributed by atoms with Crippen molar-refractivity contribution >= 4 is 5.91 Å². The number of hydrogen-bond donors (Lipinski definition) is 5. The summed E-state index contributed by atoms with van der Waals surface area (Å²) >= 11 is 0. The van der Waals surface area contributed by atoms with Crippen molar-refractivity contribution in [3.63, 3.8) is 0 Å². The molecule has 6 nitrogen and oxygen atoms in total. The molecule has 1 amide bonds. The van der Waals surface area contributed by atoms with Gasteiger partial charge in [0, 0.05) is 0 Å². The monoisotopic (exact) mass is 1030 g/mol. The molecule has 0 rings (SSSR count). The molecule has 4 unspecified atom stereocenters. The molecule has 0 aliphatic rings. The molecule has 0 aromatic carbocycles. The highest BCUT2D eigenvalue weighted by Gasteiger charge is 2.28. The van der Waals surface area contributed by atoms with Crippen molar-refractivity contribution < 1.29 is 25.2 Å². The van der Waals surface area contributed by atoms with Gasteiger partial charge in [0.1, 0.15) is 12.2 Å². The van der Waals surface area contributed by atoms with Crippen LogP contribution in [-0.4, -0.2) is 57.3 Å². The number of carbonyl (C=O) groups is 1. The Balaban J connectivity index is 3.59. The van der Waals surface area contributed by atoms with Crippen LogP contribution in [0.3, 0.4) is 0 Å². The normalized spacial score (nSPS) is 13.8. The highest BCUT2D eigenvalue weighted by Crippen LogP contribution is 2.18. The van der Waals surface area contributed by atoms with E-state index in [1.54, 1.807) is 0 Å². The molecular weight excluding hydrogens is 899 g/mol. The maximum Gasteiger partial charge on any atom is 0.249 e. The molecule has 0 aromatic rings. The lowest BCUT2D eigenvalue weighted by Gasteiger charge is -2.27. The van der Waals surface area contributed by atoms with E-state index in [1.165, 1.54) is 283 Å². The van der Waals surface area contributed by atoms with Crippen LogP contribution in [0.15, 0.2) is 36.5 Å². The number of carbonyl (C=O) groups excluding carboxylic acids is 1. The maximum absolute atomic E-state index is 12.6. The van der Waals surface area contributed by atoms with Gasteiger partial charge < -0.3 is 25.7 Å². The lowest BCUT2D eigenvalue weighted by atomic mass is 10.00. The lowest BCUT2D eigenvalue weighted by molar-refractivity contribution is -0.132. The predicted molar refractivity (Wildman–Crippen MR) is 321 cm³/mol. The van der Waals surface area contributed by atoms with Crippen molar-refractivity contribution in [3.8, 4) is 0 Å². The zero-order chi connectivity index (χ0) is 53.0. The van der Waals surface area contributed by atoms with Crippen LogP contribution in [0.5, 0.6) is 0 Å². The minimum atomic E-state index is -1.28. The van der Waals surface area contributed by atoms with Crippen LogP contribution >= 0.6 is 0 Å². The first-order valence-corrected chi connectivity index (χ1v) is 32.9. The highest BCUT2D eigenvalue weighted by molar-refractivity contribution is 5.80. The quantitative estimate of drug-likeness (QED) is 0.0308. The zero-order valence-corrected chi connectivity index (χ0v) is 49.2. The summed E-state index contributed by atoms with van der Waals surface area (Å²) < 4.78 is 0. The van der Waals surface area contributed by atoms with Crippen LogP contribution in [0.25, 0.3) is 0 Å². The fourth-order valence-corrected chi connectivity index (χ4v) is 10.4. The largest absolute Gasteiger partial charge is 0.394 e. The van der Waals surface area contributed by atoms with E-state index in [1.807, 2.05) is 0 Å². The summed E-state index contributed by atoms with van der Waals surface area (Å²) in [7, 11) is 0. The average molecular weight is 1030 g/mol. The summed E-state index contributed by atoms with van der Waals surface area (Å²) in [4.78, 5) is 12.6. The Labute approximate surface area is 456 Å². The van der Waals surface area contributed by atoms with Crippen LogP contribution in [0.1, 0.15) is 354 Å². The molecule has 0 radical (unpaired) electrons. The molecule has 0 heterocycles. The van der Waals surface area contributed by atoms with E-state index in [0.29, 0.717) is 12.8 Å². The van der Waals surface area contributed by atoms with Gasteiger partial charge in [0.15, 0.2) is 0 Å². The molecule has 0 aromatic heterocycles. The summed E-state index contributed by atoms with van der Waals surface area (Å²) in [5.74, 6) is -0.588. The fourth-order valence-electron chi connectivity index (χ4n) is 10.4. The summed E-state index contributed by atoms with van der Waals surface area (Å²) in [6, 6.07) is -1.00. The zero-order valence-electron chi connectivity index (χ0n) is 49.2. The summed E-state index contributed by atoms with van der Waals surface area (Å²) in [6.45, 7) is 4.09. The van der Waals surface area contributed by atoms with Gasteiger partial charge in [-0.05, 0) is 70.6 Å². The molecule has 4 atom stereocenters. The van der Waals surface area contributed by atoms with Crippen molar-refractivity contribution in [2.45, 2.75) is 379 Å². The second-order valence-corrected chi connectivity index (χ2v) is 22.8. The molecule has 0 spiro atoms. The van der Waals surface area contributed by atoms with E-state index in [-0.39, 0.29) is 0 Å². The fraction of sp³-hybridized carbons (Fsp3) is 0.896. The van der Waals surface area contributed by atoms with Crippen molar-refractivity contribution in [1.29, 1.82) is 0 Å².